The quantitative estimate of drug-likeness (QED) is 0.892. The molecule has 2 rings (SSSR count). The second-order valence-corrected chi connectivity index (χ2v) is 4.89. The number of hydrogen-bond acceptors (Lipinski definition) is 3. The van der Waals surface area contributed by atoms with E-state index >= 15 is 0 Å². The van der Waals surface area contributed by atoms with Crippen LogP contribution in [0.2, 0.25) is 0 Å². The first-order valence-electron chi connectivity index (χ1n) is 6.62. The molecule has 20 heavy (non-hydrogen) atoms. The molecule has 0 saturated carbocycles. The summed E-state index contributed by atoms with van der Waals surface area (Å²) < 4.78 is 12.7. The van der Waals surface area contributed by atoms with Crippen LogP contribution in [-0.2, 0) is 4.79 Å². The molecule has 1 amide bonds. The fourth-order valence-electron chi connectivity index (χ4n) is 2.32. The van der Waals surface area contributed by atoms with Crippen LogP contribution in [-0.4, -0.2) is 43.5 Å². The van der Waals surface area contributed by atoms with Gasteiger partial charge in [-0.15, -0.1) is 12.4 Å². The summed E-state index contributed by atoms with van der Waals surface area (Å²) in [6.45, 7) is 2.26. The van der Waals surface area contributed by atoms with Gasteiger partial charge in [0.05, 0.1) is 6.54 Å². The molecule has 1 aromatic carbocycles. The van der Waals surface area contributed by atoms with Crippen LogP contribution in [0.5, 0.6) is 0 Å². The highest BCUT2D eigenvalue weighted by molar-refractivity contribution is 5.92. The zero-order valence-corrected chi connectivity index (χ0v) is 12.4. The monoisotopic (exact) mass is 301 g/mol. The van der Waals surface area contributed by atoms with Gasteiger partial charge < -0.3 is 10.6 Å². The molecular formula is C14H21ClFN3O. The summed E-state index contributed by atoms with van der Waals surface area (Å²) in [7, 11) is 1.97. The third kappa shape index (κ3) is 5.07. The molecule has 0 aromatic heterocycles. The van der Waals surface area contributed by atoms with E-state index in [1.54, 1.807) is 12.1 Å². The molecule has 4 nitrogen and oxygen atoms in total. The van der Waals surface area contributed by atoms with Crippen molar-refractivity contribution in [2.24, 2.45) is 0 Å². The molecule has 1 fully saturated rings. The molecule has 0 atom stereocenters. The maximum atomic E-state index is 12.7. The molecule has 0 radical (unpaired) electrons. The van der Waals surface area contributed by atoms with Gasteiger partial charge in [-0.3, -0.25) is 9.69 Å². The number of nitrogens with zero attached hydrogens (tertiary/aromatic N) is 1. The number of carbonyl (C=O) groups excluding carboxylic acids is 1. The van der Waals surface area contributed by atoms with Crippen molar-refractivity contribution in [3.8, 4) is 0 Å². The minimum absolute atomic E-state index is 0. The van der Waals surface area contributed by atoms with E-state index in [1.807, 2.05) is 7.05 Å². The van der Waals surface area contributed by atoms with Gasteiger partial charge in [0.15, 0.2) is 0 Å². The average Bonchev–Trinajstić information content (AvgIpc) is 2.42. The molecule has 1 aliphatic rings. The maximum Gasteiger partial charge on any atom is 0.238 e. The lowest BCUT2D eigenvalue weighted by Gasteiger charge is -2.31. The van der Waals surface area contributed by atoms with E-state index in [-0.39, 0.29) is 24.1 Å². The number of nitrogens with one attached hydrogen (secondary N) is 2. The number of likely N-dealkylation sites (tertiary alicyclic amines) is 1. The smallest absolute Gasteiger partial charge is 0.238 e. The van der Waals surface area contributed by atoms with Crippen LogP contribution in [0.25, 0.3) is 0 Å². The third-order valence-electron chi connectivity index (χ3n) is 3.49. The molecule has 1 saturated heterocycles. The van der Waals surface area contributed by atoms with Crippen molar-refractivity contribution in [1.29, 1.82) is 0 Å². The number of anilines is 1. The molecule has 2 N–H and O–H groups in total. The van der Waals surface area contributed by atoms with Crippen molar-refractivity contribution >= 4 is 24.0 Å². The highest BCUT2D eigenvalue weighted by atomic mass is 35.5. The highest BCUT2D eigenvalue weighted by Gasteiger charge is 2.19. The summed E-state index contributed by atoms with van der Waals surface area (Å²) in [5, 5.41) is 6.04. The van der Waals surface area contributed by atoms with E-state index in [4.69, 9.17) is 0 Å². The maximum absolute atomic E-state index is 12.7. The molecular weight excluding hydrogens is 281 g/mol. The molecule has 6 heteroatoms. The lowest BCUT2D eigenvalue weighted by atomic mass is 10.1. The van der Waals surface area contributed by atoms with E-state index in [2.05, 4.69) is 15.5 Å². The van der Waals surface area contributed by atoms with E-state index in [1.165, 1.54) is 12.1 Å². The molecule has 1 aliphatic heterocycles. The van der Waals surface area contributed by atoms with E-state index in [9.17, 15) is 9.18 Å². The van der Waals surface area contributed by atoms with Crippen LogP contribution in [0.3, 0.4) is 0 Å². The van der Waals surface area contributed by atoms with Crippen LogP contribution in [0.1, 0.15) is 12.8 Å². The Kier molecular flexibility index (Phi) is 6.91. The molecule has 112 valence electrons. The number of hydrogen-bond donors (Lipinski definition) is 2. The van der Waals surface area contributed by atoms with Crippen LogP contribution >= 0.6 is 12.4 Å². The van der Waals surface area contributed by atoms with Crippen LogP contribution in [0.4, 0.5) is 10.1 Å². The fraction of sp³-hybridized carbons (Fsp3) is 0.500. The Hall–Kier alpha value is -1.17. The topological polar surface area (TPSA) is 44.4 Å². The van der Waals surface area contributed by atoms with Crippen molar-refractivity contribution < 1.29 is 9.18 Å². The Morgan fingerprint density at radius 1 is 1.30 bits per heavy atom. The van der Waals surface area contributed by atoms with Gasteiger partial charge in [-0.2, -0.15) is 0 Å². The van der Waals surface area contributed by atoms with Gasteiger partial charge in [-0.1, -0.05) is 0 Å². The second kappa shape index (κ2) is 8.19. The van der Waals surface area contributed by atoms with Gasteiger partial charge in [0.25, 0.3) is 0 Å². The standard InChI is InChI=1S/C14H20FN3O.ClH/c1-16-12-6-8-18(9-7-12)10-14(19)17-13-4-2-11(15)3-5-13;/h2-5,12,16H,6-10H2,1H3,(H,17,19);1H. The molecule has 1 heterocycles. The molecule has 1 aromatic rings. The lowest BCUT2D eigenvalue weighted by molar-refractivity contribution is -0.117. The highest BCUT2D eigenvalue weighted by Crippen LogP contribution is 2.11. The molecule has 0 spiro atoms. The summed E-state index contributed by atoms with van der Waals surface area (Å²) in [6.07, 6.45) is 2.14. The van der Waals surface area contributed by atoms with E-state index in [0.29, 0.717) is 18.3 Å². The SMILES string of the molecule is CNC1CCN(CC(=O)Nc2ccc(F)cc2)CC1.Cl. The molecule has 0 aliphatic carbocycles. The van der Waals surface area contributed by atoms with Crippen LogP contribution in [0.15, 0.2) is 24.3 Å². The zero-order chi connectivity index (χ0) is 13.7. The van der Waals surface area contributed by atoms with Crippen molar-refractivity contribution in [2.45, 2.75) is 18.9 Å². The summed E-state index contributed by atoms with van der Waals surface area (Å²) in [4.78, 5) is 14.0. The molecule has 0 unspecified atom stereocenters. The Balaban J connectivity index is 0.00000200. The minimum atomic E-state index is -0.299. The summed E-state index contributed by atoms with van der Waals surface area (Å²) in [5.41, 5.74) is 0.636. The Bertz CT molecular complexity index is 419. The van der Waals surface area contributed by atoms with Gasteiger partial charge >= 0.3 is 0 Å². The second-order valence-electron chi connectivity index (χ2n) is 4.89. The predicted molar refractivity (Wildman–Crippen MR) is 80.8 cm³/mol. The fourth-order valence-corrected chi connectivity index (χ4v) is 2.32. The first-order valence-corrected chi connectivity index (χ1v) is 6.62. The number of benzene rings is 1. The van der Waals surface area contributed by atoms with Crippen LogP contribution < -0.4 is 10.6 Å². The predicted octanol–water partition coefficient (Wildman–Crippen LogP) is 1.87. The van der Waals surface area contributed by atoms with Crippen molar-refractivity contribution in [2.75, 3.05) is 32.0 Å². The Morgan fingerprint density at radius 2 is 1.90 bits per heavy atom. The summed E-state index contributed by atoms with van der Waals surface area (Å²) in [5.74, 6) is -0.346. The lowest BCUT2D eigenvalue weighted by Crippen LogP contribution is -2.44. The summed E-state index contributed by atoms with van der Waals surface area (Å²) in [6, 6.07) is 6.39. The van der Waals surface area contributed by atoms with Crippen LogP contribution in [0, 0.1) is 5.82 Å². The Morgan fingerprint density at radius 3 is 2.45 bits per heavy atom. The number of halogens is 2. The van der Waals surface area contributed by atoms with Gasteiger partial charge in [0.1, 0.15) is 5.82 Å². The van der Waals surface area contributed by atoms with Gasteiger partial charge in [0.2, 0.25) is 5.91 Å². The largest absolute Gasteiger partial charge is 0.325 e. The number of amides is 1. The Labute approximate surface area is 125 Å². The first-order chi connectivity index (χ1) is 9.17. The summed E-state index contributed by atoms with van der Waals surface area (Å²) >= 11 is 0. The third-order valence-corrected chi connectivity index (χ3v) is 3.49. The number of rotatable bonds is 4. The van der Waals surface area contributed by atoms with Gasteiger partial charge in [-0.25, -0.2) is 4.39 Å². The van der Waals surface area contributed by atoms with E-state index < -0.39 is 0 Å². The number of carbonyl (C=O) groups is 1. The van der Waals surface area contributed by atoms with E-state index in [0.717, 1.165) is 25.9 Å². The van der Waals surface area contributed by atoms with Gasteiger partial charge in [0, 0.05) is 24.8 Å². The normalized spacial score (nSPS) is 16.5. The first kappa shape index (κ1) is 16.9. The van der Waals surface area contributed by atoms with Crippen molar-refractivity contribution in [3.05, 3.63) is 30.1 Å². The zero-order valence-electron chi connectivity index (χ0n) is 11.6. The molecule has 0 bridgehead atoms. The van der Waals surface area contributed by atoms with Crippen molar-refractivity contribution in [1.82, 2.24) is 10.2 Å². The average molecular weight is 302 g/mol. The van der Waals surface area contributed by atoms with Crippen molar-refractivity contribution in [3.63, 3.8) is 0 Å². The minimum Gasteiger partial charge on any atom is -0.325 e. The number of piperidine rings is 1. The van der Waals surface area contributed by atoms with Gasteiger partial charge in [-0.05, 0) is 44.2 Å².